The van der Waals surface area contributed by atoms with E-state index >= 15 is 0 Å². The number of aromatic hydroxyl groups is 3. The van der Waals surface area contributed by atoms with Gasteiger partial charge in [-0.2, -0.15) is 0 Å². The lowest BCUT2D eigenvalue weighted by Gasteiger charge is -2.14. The molecule has 0 bridgehead atoms. The number of benzene rings is 3. The molecule has 3 aromatic rings. The molecular formula is C20H13Cl5O3. The number of rotatable bonds is 4. The fraction of sp³-hybridized carbons (Fsp3) is 0.100. The van der Waals surface area contributed by atoms with E-state index in [0.29, 0.717) is 37.3 Å². The summed E-state index contributed by atoms with van der Waals surface area (Å²) in [5.41, 5.74) is 1.80. The molecule has 3 N–H and O–H groups in total. The summed E-state index contributed by atoms with van der Waals surface area (Å²) in [5.74, 6) is -0.270. The summed E-state index contributed by atoms with van der Waals surface area (Å²) in [4.78, 5) is 0. The molecule has 0 aliphatic rings. The van der Waals surface area contributed by atoms with Crippen molar-refractivity contribution in [1.82, 2.24) is 0 Å². The molecule has 0 saturated carbocycles. The van der Waals surface area contributed by atoms with Crippen molar-refractivity contribution in [2.75, 3.05) is 0 Å². The molecule has 0 spiro atoms. The Morgan fingerprint density at radius 1 is 0.464 bits per heavy atom. The average Bonchev–Trinajstić information content (AvgIpc) is 2.60. The Hall–Kier alpha value is -1.49. The van der Waals surface area contributed by atoms with Crippen molar-refractivity contribution in [2.24, 2.45) is 0 Å². The largest absolute Gasteiger partial charge is 0.507 e. The Bertz CT molecular complexity index is 986. The highest BCUT2D eigenvalue weighted by Crippen LogP contribution is 2.38. The number of hydrogen-bond acceptors (Lipinski definition) is 3. The van der Waals surface area contributed by atoms with Gasteiger partial charge < -0.3 is 15.3 Å². The van der Waals surface area contributed by atoms with Crippen LogP contribution in [0.25, 0.3) is 0 Å². The zero-order valence-corrected chi connectivity index (χ0v) is 17.9. The van der Waals surface area contributed by atoms with Gasteiger partial charge in [-0.3, -0.25) is 0 Å². The maximum atomic E-state index is 10.7. The third-order valence-corrected chi connectivity index (χ3v) is 5.44. The molecular weight excluding hydrogens is 465 g/mol. The van der Waals surface area contributed by atoms with Crippen LogP contribution in [0.2, 0.25) is 25.1 Å². The van der Waals surface area contributed by atoms with Crippen molar-refractivity contribution in [1.29, 1.82) is 0 Å². The second kappa shape index (κ2) is 8.48. The maximum absolute atomic E-state index is 10.7. The average molecular weight is 479 g/mol. The molecule has 0 heterocycles. The first-order valence-electron chi connectivity index (χ1n) is 7.99. The molecule has 0 fully saturated rings. The lowest BCUT2D eigenvalue weighted by Crippen LogP contribution is -1.97. The highest BCUT2D eigenvalue weighted by Gasteiger charge is 2.17. The Morgan fingerprint density at radius 2 is 0.750 bits per heavy atom. The summed E-state index contributed by atoms with van der Waals surface area (Å²) in [7, 11) is 0. The van der Waals surface area contributed by atoms with Crippen molar-refractivity contribution < 1.29 is 15.3 Å². The van der Waals surface area contributed by atoms with Gasteiger partial charge in [-0.15, -0.1) is 0 Å². The van der Waals surface area contributed by atoms with Gasteiger partial charge in [0.05, 0.1) is 10.0 Å². The minimum atomic E-state index is -0.119. The van der Waals surface area contributed by atoms with Crippen LogP contribution in [-0.4, -0.2) is 15.3 Å². The molecule has 0 aliphatic heterocycles. The number of halogens is 5. The van der Waals surface area contributed by atoms with E-state index in [1.54, 1.807) is 24.3 Å². The van der Waals surface area contributed by atoms with Crippen LogP contribution in [-0.2, 0) is 12.8 Å². The summed E-state index contributed by atoms with van der Waals surface area (Å²) in [6, 6.07) is 9.14. The smallest absolute Gasteiger partial charge is 0.137 e. The predicted octanol–water partition coefficient (Wildman–Crippen LogP) is 7.25. The highest BCUT2D eigenvalue weighted by molar-refractivity contribution is 6.36. The van der Waals surface area contributed by atoms with Crippen LogP contribution in [0.4, 0.5) is 0 Å². The molecule has 0 atom stereocenters. The quantitative estimate of drug-likeness (QED) is 0.370. The van der Waals surface area contributed by atoms with E-state index in [9.17, 15) is 15.3 Å². The van der Waals surface area contributed by atoms with E-state index in [0.717, 1.165) is 0 Å². The monoisotopic (exact) mass is 476 g/mol. The zero-order valence-electron chi connectivity index (χ0n) is 14.1. The van der Waals surface area contributed by atoms with Crippen LogP contribution < -0.4 is 0 Å². The molecule has 28 heavy (non-hydrogen) atoms. The molecule has 0 amide bonds. The molecule has 8 heteroatoms. The third kappa shape index (κ3) is 4.56. The number of hydrogen-bond donors (Lipinski definition) is 3. The van der Waals surface area contributed by atoms with Crippen LogP contribution in [0.3, 0.4) is 0 Å². The summed E-state index contributed by atoms with van der Waals surface area (Å²) in [5, 5.41) is 32.4. The number of phenolic OH excluding ortho intramolecular Hbond substituents is 3. The summed E-state index contributed by atoms with van der Waals surface area (Å²) in [6.07, 6.45) is 0.293. The van der Waals surface area contributed by atoms with Gasteiger partial charge in [-0.05, 0) is 36.4 Å². The van der Waals surface area contributed by atoms with Crippen molar-refractivity contribution >= 4 is 58.0 Å². The lowest BCUT2D eigenvalue weighted by molar-refractivity contribution is 0.457. The van der Waals surface area contributed by atoms with Crippen LogP contribution in [0, 0.1) is 0 Å². The summed E-state index contributed by atoms with van der Waals surface area (Å²) < 4.78 is 0. The van der Waals surface area contributed by atoms with Crippen molar-refractivity contribution in [3.63, 3.8) is 0 Å². The van der Waals surface area contributed by atoms with Gasteiger partial charge in [0, 0.05) is 50.2 Å². The van der Waals surface area contributed by atoms with Crippen molar-refractivity contribution in [2.45, 2.75) is 12.8 Å². The Balaban J connectivity index is 2.02. The van der Waals surface area contributed by atoms with Gasteiger partial charge >= 0.3 is 0 Å². The van der Waals surface area contributed by atoms with Gasteiger partial charge in [0.2, 0.25) is 0 Å². The molecule has 0 unspecified atom stereocenters. The van der Waals surface area contributed by atoms with E-state index < -0.39 is 0 Å². The first-order chi connectivity index (χ1) is 13.2. The van der Waals surface area contributed by atoms with E-state index in [1.807, 2.05) is 0 Å². The van der Waals surface area contributed by atoms with Gasteiger partial charge in [-0.25, -0.2) is 0 Å². The van der Waals surface area contributed by atoms with Gasteiger partial charge in [-0.1, -0.05) is 58.0 Å². The zero-order chi connectivity index (χ0) is 20.6. The normalized spacial score (nSPS) is 11.0. The van der Waals surface area contributed by atoms with Crippen molar-refractivity contribution in [3.8, 4) is 17.2 Å². The molecule has 3 rings (SSSR count). The third-order valence-electron chi connectivity index (χ3n) is 4.21. The second-order valence-electron chi connectivity index (χ2n) is 6.22. The number of phenols is 3. The predicted molar refractivity (Wildman–Crippen MR) is 115 cm³/mol. The van der Waals surface area contributed by atoms with Gasteiger partial charge in [0.1, 0.15) is 17.2 Å². The maximum Gasteiger partial charge on any atom is 0.137 e. The van der Waals surface area contributed by atoms with Crippen molar-refractivity contribution in [3.05, 3.63) is 83.8 Å². The fourth-order valence-electron chi connectivity index (χ4n) is 2.91. The Labute approximate surface area is 186 Å². The molecule has 3 aromatic carbocycles. The fourth-order valence-corrected chi connectivity index (χ4v) is 4.24. The SMILES string of the molecule is Oc1c(Cl)cc(Cl)cc1Cc1cc(Cl)cc(Cc2cc(Cl)cc(Cl)c2O)c1O. The van der Waals surface area contributed by atoms with Gasteiger partial charge in [0.25, 0.3) is 0 Å². The highest BCUT2D eigenvalue weighted by atomic mass is 35.5. The lowest BCUT2D eigenvalue weighted by atomic mass is 9.97. The standard InChI is InChI=1S/C20H13Cl5O3/c21-13-3-9(1-11-5-14(22)7-16(24)19(11)27)18(26)10(4-13)2-12-6-15(23)8-17(25)20(12)28/h3-8,26-28H,1-2H2. The second-order valence-corrected chi connectivity index (χ2v) is 8.34. The molecule has 0 saturated heterocycles. The first-order valence-corrected chi connectivity index (χ1v) is 9.88. The Morgan fingerprint density at radius 3 is 1.11 bits per heavy atom. The molecule has 146 valence electrons. The van der Waals surface area contributed by atoms with Crippen LogP contribution >= 0.6 is 58.0 Å². The molecule has 3 nitrogen and oxygen atoms in total. The minimum absolute atomic E-state index is 0.0320. The molecule has 0 aromatic heterocycles. The first kappa shape index (κ1) is 21.2. The minimum Gasteiger partial charge on any atom is -0.507 e. The van der Waals surface area contributed by atoms with E-state index in [4.69, 9.17) is 58.0 Å². The van der Waals surface area contributed by atoms with E-state index in [1.165, 1.54) is 12.1 Å². The molecule has 0 radical (unpaired) electrons. The van der Waals surface area contributed by atoms with Crippen LogP contribution in [0.15, 0.2) is 36.4 Å². The topological polar surface area (TPSA) is 60.7 Å². The summed E-state index contributed by atoms with van der Waals surface area (Å²) in [6.45, 7) is 0. The Kier molecular flexibility index (Phi) is 6.43. The van der Waals surface area contributed by atoms with Gasteiger partial charge in [0.15, 0.2) is 0 Å². The van der Waals surface area contributed by atoms with Crippen LogP contribution in [0.5, 0.6) is 17.2 Å². The molecule has 0 aliphatic carbocycles. The van der Waals surface area contributed by atoms with E-state index in [2.05, 4.69) is 0 Å². The summed E-state index contributed by atoms with van der Waals surface area (Å²) >= 11 is 30.2. The van der Waals surface area contributed by atoms with E-state index in [-0.39, 0.29) is 40.1 Å². The van der Waals surface area contributed by atoms with Crippen LogP contribution in [0.1, 0.15) is 22.3 Å².